The summed E-state index contributed by atoms with van der Waals surface area (Å²) >= 11 is 3.05. The number of aromatic nitrogens is 1. The number of benzene rings is 1. The van der Waals surface area contributed by atoms with Crippen LogP contribution in [0.2, 0.25) is 0 Å². The number of oxazole rings is 1. The Morgan fingerprint density at radius 2 is 2.17 bits per heavy atom. The number of aryl methyl sites for hydroxylation is 1. The van der Waals surface area contributed by atoms with Crippen LogP contribution < -0.4 is 4.72 Å². The van der Waals surface area contributed by atoms with Gasteiger partial charge < -0.3 is 4.42 Å². The van der Waals surface area contributed by atoms with Crippen molar-refractivity contribution in [1.29, 1.82) is 0 Å². The van der Waals surface area contributed by atoms with E-state index in [1.54, 1.807) is 6.92 Å². The number of nitrogens with one attached hydrogen (secondary N) is 1. The molecule has 2 rings (SSSR count). The molecule has 0 radical (unpaired) electrons. The summed E-state index contributed by atoms with van der Waals surface area (Å²) in [7, 11) is -4.05. The van der Waals surface area contributed by atoms with E-state index < -0.39 is 20.7 Å². The SMILES string of the molecule is Cc1coc(NS(=O)(=O)c2ccc(Br)cc2F)n1. The first kappa shape index (κ1) is 13.0. The Hall–Kier alpha value is -1.41. The van der Waals surface area contributed by atoms with E-state index in [1.165, 1.54) is 12.3 Å². The summed E-state index contributed by atoms with van der Waals surface area (Å²) in [6, 6.07) is 3.44. The summed E-state index contributed by atoms with van der Waals surface area (Å²) in [4.78, 5) is 3.31. The zero-order valence-electron chi connectivity index (χ0n) is 9.15. The molecule has 1 aromatic heterocycles. The molecule has 0 bridgehead atoms. The fourth-order valence-electron chi connectivity index (χ4n) is 1.26. The Bertz CT molecular complexity index is 684. The van der Waals surface area contributed by atoms with E-state index in [0.717, 1.165) is 12.1 Å². The second-order valence-corrected chi connectivity index (χ2v) is 6.04. The fourth-order valence-corrected chi connectivity index (χ4v) is 2.59. The van der Waals surface area contributed by atoms with E-state index in [-0.39, 0.29) is 6.01 Å². The van der Waals surface area contributed by atoms with Crippen molar-refractivity contribution in [3.63, 3.8) is 0 Å². The Kier molecular flexibility index (Phi) is 3.40. The summed E-state index contributed by atoms with van der Waals surface area (Å²) in [6.07, 6.45) is 1.29. The Balaban J connectivity index is 2.36. The molecule has 1 aromatic carbocycles. The minimum Gasteiger partial charge on any atom is -0.431 e. The van der Waals surface area contributed by atoms with Crippen molar-refractivity contribution < 1.29 is 17.2 Å². The number of rotatable bonds is 3. The van der Waals surface area contributed by atoms with Gasteiger partial charge in [-0.2, -0.15) is 4.98 Å². The van der Waals surface area contributed by atoms with Gasteiger partial charge >= 0.3 is 6.01 Å². The highest BCUT2D eigenvalue weighted by Gasteiger charge is 2.21. The van der Waals surface area contributed by atoms with Crippen LogP contribution in [0.1, 0.15) is 5.69 Å². The van der Waals surface area contributed by atoms with E-state index >= 15 is 0 Å². The minimum absolute atomic E-state index is 0.199. The molecule has 0 aliphatic heterocycles. The molecule has 1 heterocycles. The number of sulfonamides is 1. The van der Waals surface area contributed by atoms with Crippen LogP contribution in [-0.2, 0) is 10.0 Å². The van der Waals surface area contributed by atoms with Gasteiger partial charge in [-0.25, -0.2) is 17.5 Å². The maximum atomic E-state index is 13.6. The van der Waals surface area contributed by atoms with E-state index in [4.69, 9.17) is 4.42 Å². The number of nitrogens with zero attached hydrogens (tertiary/aromatic N) is 1. The van der Waals surface area contributed by atoms with E-state index in [2.05, 4.69) is 25.6 Å². The molecule has 2 aromatic rings. The van der Waals surface area contributed by atoms with Gasteiger partial charge in [0.15, 0.2) is 0 Å². The molecule has 5 nitrogen and oxygen atoms in total. The topological polar surface area (TPSA) is 72.2 Å². The predicted octanol–water partition coefficient (Wildman–Crippen LogP) is 2.69. The maximum absolute atomic E-state index is 13.6. The van der Waals surface area contributed by atoms with Crippen molar-refractivity contribution in [3.05, 3.63) is 40.4 Å². The second kappa shape index (κ2) is 4.69. The van der Waals surface area contributed by atoms with Gasteiger partial charge in [0.2, 0.25) is 0 Å². The molecule has 0 atom stereocenters. The van der Waals surface area contributed by atoms with Gasteiger partial charge in [-0.05, 0) is 25.1 Å². The summed E-state index contributed by atoms with van der Waals surface area (Å²) in [5.41, 5.74) is 0.518. The van der Waals surface area contributed by atoms with Crippen molar-refractivity contribution in [3.8, 4) is 0 Å². The summed E-state index contributed by atoms with van der Waals surface area (Å²) in [5.74, 6) is -0.861. The third-order valence-corrected chi connectivity index (χ3v) is 3.87. The molecule has 1 N–H and O–H groups in total. The smallest absolute Gasteiger partial charge is 0.309 e. The first-order valence-electron chi connectivity index (χ1n) is 4.78. The summed E-state index contributed by atoms with van der Waals surface area (Å²) in [6.45, 7) is 1.64. The average Bonchev–Trinajstić information content (AvgIpc) is 2.62. The Morgan fingerprint density at radius 3 is 2.72 bits per heavy atom. The van der Waals surface area contributed by atoms with Crippen molar-refractivity contribution in [1.82, 2.24) is 4.98 Å². The average molecular weight is 335 g/mol. The van der Waals surface area contributed by atoms with Gasteiger partial charge in [0, 0.05) is 4.47 Å². The molecule has 8 heteroatoms. The van der Waals surface area contributed by atoms with Gasteiger partial charge in [0.25, 0.3) is 10.0 Å². The molecule has 0 aliphatic rings. The van der Waals surface area contributed by atoms with E-state index in [9.17, 15) is 12.8 Å². The molecular formula is C10H8BrFN2O3S. The van der Waals surface area contributed by atoms with Crippen LogP contribution in [0.4, 0.5) is 10.4 Å². The zero-order valence-corrected chi connectivity index (χ0v) is 11.5. The Morgan fingerprint density at radius 1 is 1.44 bits per heavy atom. The van der Waals surface area contributed by atoms with Gasteiger partial charge in [-0.3, -0.25) is 0 Å². The summed E-state index contributed by atoms with van der Waals surface area (Å²) < 4.78 is 44.7. The number of hydrogen-bond donors (Lipinski definition) is 1. The van der Waals surface area contributed by atoms with Gasteiger partial charge in [-0.15, -0.1) is 0 Å². The molecule has 0 spiro atoms. The number of halogens is 2. The molecule has 0 fully saturated rings. The molecule has 0 unspecified atom stereocenters. The van der Waals surface area contributed by atoms with Crippen LogP contribution in [0.15, 0.2) is 38.2 Å². The van der Waals surface area contributed by atoms with Crippen LogP contribution in [0.3, 0.4) is 0 Å². The first-order valence-corrected chi connectivity index (χ1v) is 7.06. The van der Waals surface area contributed by atoms with Crippen LogP contribution in [0.25, 0.3) is 0 Å². The van der Waals surface area contributed by atoms with Gasteiger partial charge in [-0.1, -0.05) is 15.9 Å². The van der Waals surface area contributed by atoms with Crippen molar-refractivity contribution in [2.75, 3.05) is 4.72 Å². The molecule has 0 aliphatic carbocycles. The lowest BCUT2D eigenvalue weighted by molar-refractivity contribution is 0.559. The monoisotopic (exact) mass is 334 g/mol. The second-order valence-electron chi connectivity index (χ2n) is 3.47. The first-order chi connectivity index (χ1) is 8.38. The fraction of sp³-hybridized carbons (Fsp3) is 0.100. The highest BCUT2D eigenvalue weighted by molar-refractivity contribution is 9.10. The lowest BCUT2D eigenvalue weighted by Crippen LogP contribution is -2.14. The zero-order chi connectivity index (χ0) is 13.3. The third-order valence-electron chi connectivity index (χ3n) is 2.02. The van der Waals surface area contributed by atoms with Crippen LogP contribution in [0, 0.1) is 12.7 Å². The third kappa shape index (κ3) is 2.70. The van der Waals surface area contributed by atoms with Gasteiger partial charge in [0.1, 0.15) is 17.0 Å². The number of hydrogen-bond acceptors (Lipinski definition) is 4. The van der Waals surface area contributed by atoms with E-state index in [1.807, 2.05) is 0 Å². The van der Waals surface area contributed by atoms with Crippen LogP contribution in [-0.4, -0.2) is 13.4 Å². The molecule has 96 valence electrons. The molecular weight excluding hydrogens is 327 g/mol. The van der Waals surface area contributed by atoms with Crippen molar-refractivity contribution >= 4 is 32.0 Å². The van der Waals surface area contributed by atoms with Crippen molar-refractivity contribution in [2.45, 2.75) is 11.8 Å². The highest BCUT2D eigenvalue weighted by Crippen LogP contribution is 2.21. The van der Waals surface area contributed by atoms with Gasteiger partial charge in [0.05, 0.1) is 5.69 Å². The normalized spacial score (nSPS) is 11.5. The highest BCUT2D eigenvalue weighted by atomic mass is 79.9. The largest absolute Gasteiger partial charge is 0.431 e. The lowest BCUT2D eigenvalue weighted by Gasteiger charge is -2.05. The summed E-state index contributed by atoms with van der Waals surface area (Å²) in [5, 5.41) is 0. The maximum Gasteiger partial charge on any atom is 0.309 e. The minimum atomic E-state index is -4.05. The molecule has 0 saturated heterocycles. The Labute approximate surface area is 111 Å². The lowest BCUT2D eigenvalue weighted by atomic mass is 10.3. The van der Waals surface area contributed by atoms with Crippen LogP contribution in [0.5, 0.6) is 0 Å². The molecule has 0 saturated carbocycles. The standard InChI is InChI=1S/C10H8BrFN2O3S/c1-6-5-17-10(13-6)14-18(15,16)9-3-2-7(11)4-8(9)12/h2-5H,1H3,(H,13,14). The van der Waals surface area contributed by atoms with E-state index in [0.29, 0.717) is 10.2 Å². The van der Waals surface area contributed by atoms with Crippen molar-refractivity contribution in [2.24, 2.45) is 0 Å². The molecule has 18 heavy (non-hydrogen) atoms. The molecule has 0 amide bonds. The predicted molar refractivity (Wildman–Crippen MR) is 66.1 cm³/mol. The quantitative estimate of drug-likeness (QED) is 0.936. The number of anilines is 1. The van der Waals surface area contributed by atoms with Crippen LogP contribution >= 0.6 is 15.9 Å².